The zero-order chi connectivity index (χ0) is 32.9. The number of pyridine rings is 2. The van der Waals surface area contributed by atoms with Gasteiger partial charge in [-0.15, -0.1) is 0 Å². The van der Waals surface area contributed by atoms with Gasteiger partial charge in [-0.25, -0.2) is 9.97 Å². The molecule has 0 aliphatic rings. The van der Waals surface area contributed by atoms with E-state index in [4.69, 9.17) is 19.7 Å². The molecule has 0 bridgehead atoms. The fourth-order valence-electron chi connectivity index (χ4n) is 7.29. The van der Waals surface area contributed by atoms with E-state index in [1.165, 1.54) is 27.4 Å². The summed E-state index contributed by atoms with van der Waals surface area (Å²) in [6.45, 7) is 13.4. The summed E-state index contributed by atoms with van der Waals surface area (Å²) in [5, 5.41) is 6.69. The summed E-state index contributed by atoms with van der Waals surface area (Å²) >= 11 is 0. The first-order chi connectivity index (χ1) is 23.1. The van der Waals surface area contributed by atoms with Crippen molar-refractivity contribution in [1.29, 1.82) is 0 Å². The molecule has 9 rings (SSSR count). The first-order valence-corrected chi connectivity index (χ1v) is 16.6. The van der Waals surface area contributed by atoms with Gasteiger partial charge in [0.25, 0.3) is 0 Å². The first kappa shape index (κ1) is 28.7. The van der Waals surface area contributed by atoms with E-state index in [0.29, 0.717) is 0 Å². The minimum absolute atomic E-state index is 0.0162. The van der Waals surface area contributed by atoms with E-state index in [1.807, 2.05) is 6.20 Å². The molecule has 5 aromatic carbocycles. The highest BCUT2D eigenvalue weighted by Gasteiger charge is 2.23. The maximum atomic E-state index is 7.00. The lowest BCUT2D eigenvalue weighted by Gasteiger charge is -2.23. The lowest BCUT2D eigenvalue weighted by atomic mass is 9.84. The van der Waals surface area contributed by atoms with E-state index >= 15 is 0 Å². The highest BCUT2D eigenvalue weighted by atomic mass is 16.5. The molecule has 5 heteroatoms. The average molecular weight is 625 g/mol. The van der Waals surface area contributed by atoms with E-state index in [9.17, 15) is 0 Å². The van der Waals surface area contributed by atoms with Crippen molar-refractivity contribution in [3.8, 4) is 22.8 Å². The standard InChI is InChI=1S/C43H36N4O/c1-42(2,3)26-17-18-44-35(22-26)25-19-27(43(4,5)6)21-28(20-25)48-37-23-33-39-38-34(45-24-46-39)16-15-32-29-11-9-10-14-36(29)47(41(32)38)40(33)31-13-8-7-12-30(31)37/h7-24H,1-6H3. The first-order valence-electron chi connectivity index (χ1n) is 16.6. The van der Waals surface area contributed by atoms with Gasteiger partial charge in [-0.1, -0.05) is 84.0 Å². The van der Waals surface area contributed by atoms with Crippen molar-refractivity contribution in [3.05, 3.63) is 121 Å². The van der Waals surface area contributed by atoms with Crippen molar-refractivity contribution in [2.24, 2.45) is 0 Å². The number of rotatable bonds is 3. The average Bonchev–Trinajstić information content (AvgIpc) is 3.42. The topological polar surface area (TPSA) is 52.3 Å². The summed E-state index contributed by atoms with van der Waals surface area (Å²) in [7, 11) is 0. The Bertz CT molecular complexity index is 2730. The van der Waals surface area contributed by atoms with Gasteiger partial charge < -0.3 is 9.14 Å². The van der Waals surface area contributed by atoms with E-state index in [-0.39, 0.29) is 10.8 Å². The molecule has 0 saturated carbocycles. The van der Waals surface area contributed by atoms with Gasteiger partial charge >= 0.3 is 0 Å². The molecule has 0 saturated heterocycles. The largest absolute Gasteiger partial charge is 0.457 e. The lowest BCUT2D eigenvalue weighted by Crippen LogP contribution is -2.12. The van der Waals surface area contributed by atoms with Crippen LogP contribution in [0.15, 0.2) is 110 Å². The van der Waals surface area contributed by atoms with Crippen molar-refractivity contribution in [3.63, 3.8) is 0 Å². The summed E-state index contributed by atoms with van der Waals surface area (Å²) in [6.07, 6.45) is 3.60. The third-order valence-electron chi connectivity index (χ3n) is 9.81. The van der Waals surface area contributed by atoms with Gasteiger partial charge in [0.1, 0.15) is 17.8 Å². The van der Waals surface area contributed by atoms with Gasteiger partial charge in [0.15, 0.2) is 0 Å². The van der Waals surface area contributed by atoms with E-state index in [1.54, 1.807) is 6.33 Å². The summed E-state index contributed by atoms with van der Waals surface area (Å²) in [6, 6.07) is 34.6. The molecule has 0 aliphatic heterocycles. The molecule has 5 nitrogen and oxygen atoms in total. The van der Waals surface area contributed by atoms with Gasteiger partial charge in [-0.05, 0) is 76.6 Å². The SMILES string of the molecule is CC(C)(C)c1cc(Oc2cc3c4ncnc5ccc6c7ccccc7n(c3c3ccccc23)c6c54)cc(-c2cc(C(C)(C)C)ccn2)c1. The summed E-state index contributed by atoms with van der Waals surface area (Å²) < 4.78 is 9.41. The molecule has 0 amide bonds. The number of hydrogen-bond donors (Lipinski definition) is 0. The van der Waals surface area contributed by atoms with Crippen LogP contribution in [-0.2, 0) is 10.8 Å². The number of ether oxygens (including phenoxy) is 1. The van der Waals surface area contributed by atoms with Gasteiger partial charge in [-0.3, -0.25) is 4.98 Å². The van der Waals surface area contributed by atoms with Crippen LogP contribution in [-0.4, -0.2) is 19.4 Å². The number of fused-ring (bicyclic) bond motifs is 8. The molecule has 4 heterocycles. The summed E-state index contributed by atoms with van der Waals surface area (Å²) in [5.41, 5.74) is 9.65. The van der Waals surface area contributed by atoms with E-state index in [2.05, 4.69) is 143 Å². The smallest absolute Gasteiger partial charge is 0.136 e. The second-order valence-electron chi connectivity index (χ2n) is 15.0. The number of nitrogens with zero attached hydrogens (tertiary/aromatic N) is 4. The molecule has 0 unspecified atom stereocenters. The molecule has 9 aromatic rings. The minimum atomic E-state index is -0.0925. The molecule has 0 N–H and O–H groups in total. The van der Waals surface area contributed by atoms with Gasteiger partial charge in [0, 0.05) is 38.7 Å². The van der Waals surface area contributed by atoms with Crippen molar-refractivity contribution in [1.82, 2.24) is 19.4 Å². The second kappa shape index (κ2) is 9.98. The predicted molar refractivity (Wildman–Crippen MR) is 199 cm³/mol. The molecular weight excluding hydrogens is 589 g/mol. The fraction of sp³-hybridized carbons (Fsp3) is 0.186. The number of hydrogen-bond acceptors (Lipinski definition) is 4. The molecule has 0 spiro atoms. The van der Waals surface area contributed by atoms with Crippen LogP contribution in [0.1, 0.15) is 52.7 Å². The molecule has 0 radical (unpaired) electrons. The van der Waals surface area contributed by atoms with Crippen LogP contribution < -0.4 is 4.74 Å². The van der Waals surface area contributed by atoms with Gasteiger partial charge in [0.2, 0.25) is 0 Å². The van der Waals surface area contributed by atoms with Crippen LogP contribution in [0, 0.1) is 0 Å². The third kappa shape index (κ3) is 4.27. The lowest BCUT2D eigenvalue weighted by molar-refractivity contribution is 0.485. The van der Waals surface area contributed by atoms with Crippen LogP contribution in [0.4, 0.5) is 0 Å². The fourth-order valence-corrected chi connectivity index (χ4v) is 7.29. The molecule has 48 heavy (non-hydrogen) atoms. The zero-order valence-electron chi connectivity index (χ0n) is 28.1. The second-order valence-corrected chi connectivity index (χ2v) is 15.0. The Morgan fingerprint density at radius 3 is 2.10 bits per heavy atom. The van der Waals surface area contributed by atoms with Gasteiger partial charge in [-0.2, -0.15) is 0 Å². The number of para-hydroxylation sites is 1. The van der Waals surface area contributed by atoms with Gasteiger partial charge in [0.05, 0.1) is 38.7 Å². The highest BCUT2D eigenvalue weighted by molar-refractivity contribution is 6.30. The molecule has 234 valence electrons. The quantitative estimate of drug-likeness (QED) is 0.145. The Morgan fingerprint density at radius 1 is 0.583 bits per heavy atom. The van der Waals surface area contributed by atoms with Crippen LogP contribution in [0.3, 0.4) is 0 Å². The van der Waals surface area contributed by atoms with Crippen molar-refractivity contribution < 1.29 is 4.74 Å². The Balaban J connectivity index is 1.33. The maximum absolute atomic E-state index is 7.00. The Morgan fingerprint density at radius 2 is 1.31 bits per heavy atom. The minimum Gasteiger partial charge on any atom is -0.457 e. The molecule has 0 atom stereocenters. The highest BCUT2D eigenvalue weighted by Crippen LogP contribution is 2.45. The molecule has 0 fully saturated rings. The Hall–Kier alpha value is -5.55. The Labute approximate surface area is 279 Å². The van der Waals surface area contributed by atoms with Crippen LogP contribution in [0.5, 0.6) is 11.5 Å². The van der Waals surface area contributed by atoms with Crippen molar-refractivity contribution in [2.45, 2.75) is 52.4 Å². The van der Waals surface area contributed by atoms with Crippen molar-refractivity contribution >= 4 is 59.9 Å². The third-order valence-corrected chi connectivity index (χ3v) is 9.81. The van der Waals surface area contributed by atoms with Crippen LogP contribution in [0.25, 0.3) is 71.2 Å². The summed E-state index contributed by atoms with van der Waals surface area (Å²) in [4.78, 5) is 14.4. The predicted octanol–water partition coefficient (Wildman–Crippen LogP) is 11.4. The van der Waals surface area contributed by atoms with E-state index < -0.39 is 0 Å². The normalized spacial score (nSPS) is 12.8. The zero-order valence-corrected chi connectivity index (χ0v) is 28.1. The molecule has 4 aromatic heterocycles. The number of benzene rings is 5. The number of aromatic nitrogens is 4. The Kier molecular flexibility index (Phi) is 5.96. The molecular formula is C43H36N4O. The van der Waals surface area contributed by atoms with E-state index in [0.717, 1.165) is 66.4 Å². The van der Waals surface area contributed by atoms with Crippen LogP contribution in [0.2, 0.25) is 0 Å². The summed E-state index contributed by atoms with van der Waals surface area (Å²) in [5.74, 6) is 1.57. The monoisotopic (exact) mass is 624 g/mol. The van der Waals surface area contributed by atoms with Crippen LogP contribution >= 0.6 is 0 Å². The molecule has 0 aliphatic carbocycles. The van der Waals surface area contributed by atoms with Crippen molar-refractivity contribution in [2.75, 3.05) is 0 Å². The maximum Gasteiger partial charge on any atom is 0.136 e.